The van der Waals surface area contributed by atoms with E-state index in [4.69, 9.17) is 16.1 Å². The molecule has 6 heteroatoms. The van der Waals surface area contributed by atoms with Crippen molar-refractivity contribution in [1.82, 2.24) is 0 Å². The van der Waals surface area contributed by atoms with Crippen LogP contribution >= 0.6 is 0 Å². The summed E-state index contributed by atoms with van der Waals surface area (Å²) >= 11 is -2.42. The number of methoxy groups -OCH3 is 1. The third-order valence-electron chi connectivity index (χ3n) is 5.02. The zero-order valence-electron chi connectivity index (χ0n) is 17.6. The maximum Gasteiger partial charge on any atom is 1.10 e. The molecule has 1 aliphatic rings. The Hall–Kier alpha value is -1.95. The molecular weight excluding hydrogens is 374 g/mol. The summed E-state index contributed by atoms with van der Waals surface area (Å²) in [5.74, 6) is 1.62. The van der Waals surface area contributed by atoms with Crippen LogP contribution in [0.1, 0.15) is 1.43 Å². The first-order valence-corrected chi connectivity index (χ1v) is 10.7. The first-order valence-electron chi connectivity index (χ1n) is 9.33. The van der Waals surface area contributed by atoms with Gasteiger partial charge < -0.3 is 17.5 Å². The van der Waals surface area contributed by atoms with Crippen molar-refractivity contribution in [3.05, 3.63) is 72.8 Å². The zero-order chi connectivity index (χ0) is 18.9. The largest absolute Gasteiger partial charge is 1.10 e. The molecule has 0 aromatic heterocycles. The minimum absolute atomic E-state index is 0. The van der Waals surface area contributed by atoms with Crippen LogP contribution in [0.15, 0.2) is 72.8 Å². The van der Waals surface area contributed by atoms with Crippen LogP contribution in [0.25, 0.3) is 32.7 Å². The molecule has 0 saturated carbocycles. The molecule has 4 aromatic rings. The third kappa shape index (κ3) is 3.79. The molecule has 4 aromatic carbocycles. The second-order valence-corrected chi connectivity index (χ2v) is 8.09. The molecule has 0 atom stereocenters. The van der Waals surface area contributed by atoms with E-state index in [-0.39, 0.29) is 20.3 Å². The van der Waals surface area contributed by atoms with Crippen LogP contribution in [0.5, 0.6) is 11.5 Å². The van der Waals surface area contributed by atoms with Crippen LogP contribution in [0, 0.1) is 0 Å². The summed E-state index contributed by atoms with van der Waals surface area (Å²) in [7, 11) is 1.66. The van der Waals surface area contributed by atoms with E-state index in [1.54, 1.807) is 7.11 Å². The van der Waals surface area contributed by atoms with Crippen molar-refractivity contribution in [2.24, 2.45) is 0 Å². The molecule has 4 nitrogen and oxygen atoms in total. The summed E-state index contributed by atoms with van der Waals surface area (Å²) < 4.78 is 23.6. The second kappa shape index (κ2) is 8.82. The van der Waals surface area contributed by atoms with Crippen molar-refractivity contribution < 1.29 is 36.4 Å². The second-order valence-electron chi connectivity index (χ2n) is 6.71. The Morgan fingerprint density at radius 3 is 1.76 bits per heavy atom. The molecule has 1 aliphatic heterocycles. The van der Waals surface area contributed by atoms with Gasteiger partial charge >= 0.3 is 34.0 Å². The maximum atomic E-state index is 6.28. The third-order valence-corrected chi connectivity index (χ3v) is 6.42. The zero-order valence-corrected chi connectivity index (χ0v) is 17.7. The Kier molecular flexibility index (Phi) is 6.18. The van der Waals surface area contributed by atoms with Gasteiger partial charge in [-0.3, -0.25) is 0 Å². The van der Waals surface area contributed by atoms with Crippen molar-refractivity contribution in [1.29, 1.82) is 0 Å². The molecule has 1 heterocycles. The van der Waals surface area contributed by atoms with Crippen LogP contribution < -0.4 is 26.4 Å². The van der Waals surface area contributed by atoms with E-state index >= 15 is 0 Å². The van der Waals surface area contributed by atoms with E-state index in [0.29, 0.717) is 13.2 Å². The summed E-state index contributed by atoms with van der Waals surface area (Å²) in [5, 5.41) is 4.63. The summed E-state index contributed by atoms with van der Waals surface area (Å²) in [5.41, 5.74) is 2.13. The van der Waals surface area contributed by atoms with Gasteiger partial charge in [-0.05, 0) is 33.7 Å². The van der Waals surface area contributed by atoms with Gasteiger partial charge in [-0.2, -0.15) is 0 Å². The Morgan fingerprint density at radius 1 is 0.724 bits per heavy atom. The molecule has 0 saturated heterocycles. The molecule has 140 valence electrons. The number of hydrogen-bond acceptors (Lipinski definition) is 4. The van der Waals surface area contributed by atoms with E-state index in [1.165, 1.54) is 10.8 Å². The van der Waals surface area contributed by atoms with E-state index in [9.17, 15) is 0 Å². The van der Waals surface area contributed by atoms with Gasteiger partial charge in [0.1, 0.15) is 0 Å². The molecule has 0 aliphatic carbocycles. The van der Waals surface area contributed by atoms with Gasteiger partial charge in [0, 0.05) is 24.8 Å². The van der Waals surface area contributed by atoms with Gasteiger partial charge in [0.05, 0.1) is 18.1 Å². The van der Waals surface area contributed by atoms with Gasteiger partial charge in [-0.25, -0.2) is 0 Å². The Balaban J connectivity index is 0.00000128. The van der Waals surface area contributed by atoms with Crippen LogP contribution in [-0.4, -0.2) is 35.5 Å². The molecule has 0 N–H and O–H groups in total. The maximum absolute atomic E-state index is 6.28. The standard InChI is InChI=1S/C20H14O2.C3H7O2.Al.Li.H/c21-17-11-9-13-5-1-3-7-15(13)19(17)20-16-8-4-2-6-14(16)10-12-18(20)22;1-5-3-2-4;;;/h1-12,21-22H;2-3H2,1H3;;;/q;-1;+3;+1;-1/p-2. The van der Waals surface area contributed by atoms with Gasteiger partial charge in [-0.15, -0.1) is 0 Å². The molecule has 0 amide bonds. The summed E-state index contributed by atoms with van der Waals surface area (Å²) in [4.78, 5) is 0. The van der Waals surface area contributed by atoms with Crippen LogP contribution in [0.2, 0.25) is 0 Å². The molecule has 5 rings (SSSR count). The van der Waals surface area contributed by atoms with Crippen LogP contribution in [0.3, 0.4) is 0 Å². The number of fused-ring (bicyclic) bond motifs is 7. The van der Waals surface area contributed by atoms with Crippen molar-refractivity contribution >= 4 is 36.7 Å². The van der Waals surface area contributed by atoms with Gasteiger partial charge in [0.25, 0.3) is 0 Å². The molecule has 29 heavy (non-hydrogen) atoms. The number of hydrogen-bond donors (Lipinski definition) is 0. The number of ether oxygens (including phenoxy) is 1. The Bertz CT molecular complexity index is 1080. The van der Waals surface area contributed by atoms with E-state index in [2.05, 4.69) is 60.7 Å². The van der Waals surface area contributed by atoms with E-state index < -0.39 is 15.1 Å². The molecule has 0 spiro atoms. The van der Waals surface area contributed by atoms with Crippen molar-refractivity contribution in [3.63, 3.8) is 0 Å². The Labute approximate surface area is 188 Å². The SMILES string of the molecule is COCC[O][Al]1[O]c2ccc3ccccc3c2-c2c(ccc3ccccc23)[O]1.[H-].[Li+]. The van der Waals surface area contributed by atoms with Crippen molar-refractivity contribution in [2.45, 2.75) is 0 Å². The number of rotatable bonds is 4. The molecule has 0 radical (unpaired) electrons. The predicted octanol–water partition coefficient (Wildman–Crippen LogP) is 2.20. The number of benzene rings is 4. The fourth-order valence-corrected chi connectivity index (χ4v) is 5.02. The fraction of sp³-hybridized carbons (Fsp3) is 0.130. The fourth-order valence-electron chi connectivity index (χ4n) is 3.74. The van der Waals surface area contributed by atoms with Gasteiger partial charge in [-0.1, -0.05) is 60.7 Å². The van der Waals surface area contributed by atoms with Crippen LogP contribution in [-0.2, 0) is 8.53 Å². The summed E-state index contributed by atoms with van der Waals surface area (Å²) in [6.45, 7) is 0.949. The van der Waals surface area contributed by atoms with Crippen molar-refractivity contribution in [2.75, 3.05) is 20.3 Å². The summed E-state index contributed by atoms with van der Waals surface area (Å²) in [6, 6.07) is 25.0. The topological polar surface area (TPSA) is 36.9 Å². The first-order chi connectivity index (χ1) is 13.8. The van der Waals surface area contributed by atoms with E-state index in [0.717, 1.165) is 33.4 Å². The minimum Gasteiger partial charge on any atom is -1.00 e. The van der Waals surface area contributed by atoms with Crippen molar-refractivity contribution in [3.8, 4) is 22.6 Å². The molecule has 0 fully saturated rings. The van der Waals surface area contributed by atoms with Gasteiger partial charge in [0.2, 0.25) is 0 Å². The molecular formula is C23H20AlLiO4. The normalized spacial score (nSPS) is 12.4. The monoisotopic (exact) mass is 394 g/mol. The van der Waals surface area contributed by atoms with Gasteiger partial charge in [0.15, 0.2) is 0 Å². The average Bonchev–Trinajstić information content (AvgIpc) is 2.90. The predicted molar refractivity (Wildman–Crippen MR) is 113 cm³/mol. The molecule has 0 bridgehead atoms. The first kappa shape index (κ1) is 20.3. The summed E-state index contributed by atoms with van der Waals surface area (Å²) in [6.07, 6.45) is 0. The minimum atomic E-state index is -2.42. The smallest absolute Gasteiger partial charge is 1.00 e. The van der Waals surface area contributed by atoms with Crippen LogP contribution in [0.4, 0.5) is 0 Å². The van der Waals surface area contributed by atoms with E-state index in [1.807, 2.05) is 12.1 Å². The Morgan fingerprint density at radius 2 is 1.24 bits per heavy atom. The quantitative estimate of drug-likeness (QED) is 0.393. The molecule has 0 unspecified atom stereocenters. The average molecular weight is 394 g/mol.